The van der Waals surface area contributed by atoms with Crippen LogP contribution in [-0.4, -0.2) is 35.6 Å². The number of halogens is 1. The van der Waals surface area contributed by atoms with E-state index in [0.29, 0.717) is 10.6 Å². The van der Waals surface area contributed by atoms with Crippen molar-refractivity contribution in [2.24, 2.45) is 0 Å². The first-order chi connectivity index (χ1) is 8.80. The Hall–Kier alpha value is -1.11. The lowest BCUT2D eigenvalue weighted by atomic mass is 10.2. The lowest BCUT2D eigenvalue weighted by molar-refractivity contribution is -0.136. The van der Waals surface area contributed by atoms with E-state index >= 15 is 0 Å². The molecule has 0 bridgehead atoms. The Labute approximate surface area is 117 Å². The van der Waals surface area contributed by atoms with Crippen LogP contribution in [-0.2, 0) is 21.4 Å². The SMILES string of the molecule is CCN(Cc1ccccc1Cl)S(=O)(=O)C(C)C(=O)O. The van der Waals surface area contributed by atoms with Crippen LogP contribution in [0.3, 0.4) is 0 Å². The second-order valence-electron chi connectivity index (χ2n) is 4.04. The summed E-state index contributed by atoms with van der Waals surface area (Å²) < 4.78 is 25.4. The van der Waals surface area contributed by atoms with Gasteiger partial charge in [0.25, 0.3) is 0 Å². The number of sulfonamides is 1. The number of carbonyl (C=O) groups is 1. The van der Waals surface area contributed by atoms with Crippen molar-refractivity contribution < 1.29 is 18.3 Å². The second-order valence-corrected chi connectivity index (χ2v) is 6.70. The van der Waals surface area contributed by atoms with Crippen molar-refractivity contribution >= 4 is 27.6 Å². The standard InChI is InChI=1S/C12H16ClNO4S/c1-3-14(19(17,18)9(2)12(15)16)8-10-6-4-5-7-11(10)13/h4-7,9H,3,8H2,1-2H3,(H,15,16). The molecule has 1 aromatic carbocycles. The van der Waals surface area contributed by atoms with Gasteiger partial charge in [-0.05, 0) is 18.6 Å². The van der Waals surface area contributed by atoms with Gasteiger partial charge in [0.2, 0.25) is 10.0 Å². The van der Waals surface area contributed by atoms with Gasteiger partial charge in [0.05, 0.1) is 0 Å². The number of carboxylic acids is 1. The van der Waals surface area contributed by atoms with Crippen LogP contribution < -0.4 is 0 Å². The maximum Gasteiger partial charge on any atom is 0.323 e. The third-order valence-corrected chi connectivity index (χ3v) is 5.38. The number of benzene rings is 1. The minimum Gasteiger partial charge on any atom is -0.480 e. The van der Waals surface area contributed by atoms with Crippen LogP contribution in [0.4, 0.5) is 0 Å². The summed E-state index contributed by atoms with van der Waals surface area (Å²) in [6.07, 6.45) is 0. The maximum atomic E-state index is 12.1. The van der Waals surface area contributed by atoms with Crippen LogP contribution in [0.2, 0.25) is 5.02 Å². The molecule has 0 aromatic heterocycles. The molecule has 1 aromatic rings. The van der Waals surface area contributed by atoms with E-state index in [1.165, 1.54) is 0 Å². The predicted molar refractivity (Wildman–Crippen MR) is 73.6 cm³/mol. The summed E-state index contributed by atoms with van der Waals surface area (Å²) in [5.41, 5.74) is 0.646. The average molecular weight is 306 g/mol. The lowest BCUT2D eigenvalue weighted by Crippen LogP contribution is -2.40. The summed E-state index contributed by atoms with van der Waals surface area (Å²) in [7, 11) is -3.89. The van der Waals surface area contributed by atoms with Gasteiger partial charge in [-0.2, -0.15) is 4.31 Å². The summed E-state index contributed by atoms with van der Waals surface area (Å²) in [6, 6.07) is 6.88. The average Bonchev–Trinajstić information content (AvgIpc) is 2.36. The fraction of sp³-hybridized carbons (Fsp3) is 0.417. The molecule has 0 fully saturated rings. The van der Waals surface area contributed by atoms with Gasteiger partial charge in [0.1, 0.15) is 0 Å². The first-order valence-electron chi connectivity index (χ1n) is 5.75. The Morgan fingerprint density at radius 1 is 1.42 bits per heavy atom. The van der Waals surface area contributed by atoms with Crippen LogP contribution in [0, 0.1) is 0 Å². The Kier molecular flexibility index (Phi) is 5.34. The highest BCUT2D eigenvalue weighted by atomic mass is 35.5. The van der Waals surface area contributed by atoms with Crippen molar-refractivity contribution in [2.75, 3.05) is 6.54 Å². The molecule has 1 rings (SSSR count). The Balaban J connectivity index is 3.03. The van der Waals surface area contributed by atoms with E-state index < -0.39 is 21.2 Å². The summed E-state index contributed by atoms with van der Waals surface area (Å²) in [4.78, 5) is 10.9. The van der Waals surface area contributed by atoms with Crippen molar-refractivity contribution in [2.45, 2.75) is 25.6 Å². The zero-order chi connectivity index (χ0) is 14.6. The van der Waals surface area contributed by atoms with E-state index in [1.807, 2.05) is 0 Å². The molecule has 19 heavy (non-hydrogen) atoms. The second kappa shape index (κ2) is 6.36. The molecule has 106 valence electrons. The number of carboxylic acid groups (broad SMARTS) is 1. The van der Waals surface area contributed by atoms with Crippen LogP contribution >= 0.6 is 11.6 Å². The van der Waals surface area contributed by atoms with Crippen LogP contribution in [0.15, 0.2) is 24.3 Å². The highest BCUT2D eigenvalue weighted by Gasteiger charge is 2.33. The molecule has 0 saturated carbocycles. The monoisotopic (exact) mass is 305 g/mol. The molecule has 5 nitrogen and oxygen atoms in total. The molecule has 1 unspecified atom stereocenters. The Morgan fingerprint density at radius 3 is 2.47 bits per heavy atom. The van der Waals surface area contributed by atoms with Crippen molar-refractivity contribution in [3.05, 3.63) is 34.9 Å². The van der Waals surface area contributed by atoms with Gasteiger partial charge < -0.3 is 5.11 Å². The topological polar surface area (TPSA) is 74.7 Å². The molecule has 0 radical (unpaired) electrons. The fourth-order valence-corrected chi connectivity index (χ4v) is 3.13. The van der Waals surface area contributed by atoms with Crippen molar-refractivity contribution in [1.29, 1.82) is 0 Å². The highest BCUT2D eigenvalue weighted by molar-refractivity contribution is 7.90. The van der Waals surface area contributed by atoms with Gasteiger partial charge in [-0.1, -0.05) is 36.7 Å². The smallest absolute Gasteiger partial charge is 0.323 e. The van der Waals surface area contributed by atoms with Gasteiger partial charge in [-0.15, -0.1) is 0 Å². The zero-order valence-electron chi connectivity index (χ0n) is 10.7. The van der Waals surface area contributed by atoms with E-state index in [4.69, 9.17) is 16.7 Å². The molecule has 0 amide bonds. The molecule has 0 spiro atoms. The van der Waals surface area contributed by atoms with Crippen LogP contribution in [0.1, 0.15) is 19.4 Å². The van der Waals surface area contributed by atoms with Crippen LogP contribution in [0.5, 0.6) is 0 Å². The molecule has 1 N–H and O–H groups in total. The van der Waals surface area contributed by atoms with Crippen LogP contribution in [0.25, 0.3) is 0 Å². The largest absolute Gasteiger partial charge is 0.480 e. The summed E-state index contributed by atoms with van der Waals surface area (Å²) in [6.45, 7) is 3.07. The number of hydrogen-bond acceptors (Lipinski definition) is 3. The number of aliphatic carboxylic acids is 1. The van der Waals surface area contributed by atoms with Crippen molar-refractivity contribution in [3.8, 4) is 0 Å². The first kappa shape index (κ1) is 15.9. The lowest BCUT2D eigenvalue weighted by Gasteiger charge is -2.23. The predicted octanol–water partition coefficient (Wildman–Crippen LogP) is 1.96. The Morgan fingerprint density at radius 2 is 2.00 bits per heavy atom. The third-order valence-electron chi connectivity index (χ3n) is 2.81. The van der Waals surface area contributed by atoms with E-state index in [9.17, 15) is 13.2 Å². The van der Waals surface area contributed by atoms with Gasteiger partial charge in [0.15, 0.2) is 5.25 Å². The fourth-order valence-electron chi connectivity index (χ4n) is 1.55. The number of rotatable bonds is 6. The summed E-state index contributed by atoms with van der Waals surface area (Å²) in [5.74, 6) is -1.36. The van der Waals surface area contributed by atoms with Crippen molar-refractivity contribution in [1.82, 2.24) is 4.31 Å². The van der Waals surface area contributed by atoms with Gasteiger partial charge in [-0.25, -0.2) is 8.42 Å². The molecule has 0 aliphatic carbocycles. The third kappa shape index (κ3) is 3.68. The molecular weight excluding hydrogens is 290 g/mol. The van der Waals surface area contributed by atoms with Gasteiger partial charge in [-0.3, -0.25) is 4.79 Å². The molecular formula is C12H16ClNO4S. The summed E-state index contributed by atoms with van der Waals surface area (Å²) in [5, 5.41) is 7.83. The molecule has 0 aliphatic rings. The van der Waals surface area contributed by atoms with Gasteiger partial charge >= 0.3 is 5.97 Å². The Bertz CT molecular complexity index is 559. The minimum atomic E-state index is -3.89. The number of hydrogen-bond donors (Lipinski definition) is 1. The molecule has 0 saturated heterocycles. The van der Waals surface area contributed by atoms with Gasteiger partial charge in [0, 0.05) is 18.1 Å². The first-order valence-corrected chi connectivity index (χ1v) is 7.64. The molecule has 1 atom stereocenters. The minimum absolute atomic E-state index is 0.0656. The maximum absolute atomic E-state index is 12.1. The quantitative estimate of drug-likeness (QED) is 0.872. The summed E-state index contributed by atoms with van der Waals surface area (Å²) >= 11 is 5.98. The zero-order valence-corrected chi connectivity index (χ0v) is 12.3. The van der Waals surface area contributed by atoms with Crippen molar-refractivity contribution in [3.63, 3.8) is 0 Å². The van der Waals surface area contributed by atoms with E-state index in [0.717, 1.165) is 11.2 Å². The highest BCUT2D eigenvalue weighted by Crippen LogP contribution is 2.20. The molecule has 0 heterocycles. The number of nitrogens with zero attached hydrogens (tertiary/aromatic N) is 1. The van der Waals surface area contributed by atoms with E-state index in [-0.39, 0.29) is 13.1 Å². The molecule has 0 aliphatic heterocycles. The molecule has 7 heteroatoms. The van der Waals surface area contributed by atoms with E-state index in [1.54, 1.807) is 31.2 Å². The van der Waals surface area contributed by atoms with E-state index in [2.05, 4.69) is 0 Å². The normalized spacial score (nSPS) is 13.5.